The number of hydrogen-bond acceptors (Lipinski definition) is 0. The van der Waals surface area contributed by atoms with Gasteiger partial charge in [-0.05, 0) is 0 Å². The van der Waals surface area contributed by atoms with E-state index in [2.05, 4.69) is 0 Å². The molecule has 0 spiro atoms. The predicted octanol–water partition coefficient (Wildman–Crippen LogP) is -1.19. The molecule has 0 aliphatic rings. The molecule has 5 heteroatoms. The molecular weight excluding hydrogens is 322 g/mol. The third-order valence-electron chi connectivity index (χ3n) is 0. The van der Waals surface area contributed by atoms with E-state index in [0.717, 1.165) is 0 Å². The van der Waals surface area contributed by atoms with E-state index in [0.29, 0.717) is 0 Å². The third kappa shape index (κ3) is 20.0. The molecule has 0 heterocycles. The van der Waals surface area contributed by atoms with E-state index in [1.807, 2.05) is 0 Å². The van der Waals surface area contributed by atoms with Gasteiger partial charge in [0.25, 0.3) is 0 Å². The van der Waals surface area contributed by atoms with Gasteiger partial charge >= 0.3 is 0 Å². The molecule has 3 radical (unpaired) electrons. The van der Waals surface area contributed by atoms with Crippen molar-refractivity contribution in [3.8, 4) is 0 Å². The molecule has 0 aliphatic carbocycles. The summed E-state index contributed by atoms with van der Waals surface area (Å²) in [6.07, 6.45) is 0. The summed E-state index contributed by atoms with van der Waals surface area (Å²) < 4.78 is 0. The molecule has 0 aromatic heterocycles. The minimum atomic E-state index is 0. The molecule has 0 saturated heterocycles. The first-order chi connectivity index (χ1) is 0. The molecule has 35 valence electrons. The Morgan fingerprint density at radius 1 is 1.00 bits per heavy atom. The van der Waals surface area contributed by atoms with Gasteiger partial charge in [0.1, 0.15) is 0 Å². The number of hydrogen-bond donors (Lipinski definition) is 0. The van der Waals surface area contributed by atoms with E-state index in [4.69, 9.17) is 0 Å². The molecule has 0 N–H and O–H groups in total. The molecule has 0 rings (SSSR count). The summed E-state index contributed by atoms with van der Waals surface area (Å²) in [5.74, 6) is 0. The molecule has 0 bridgehead atoms. The maximum Gasteiger partial charge on any atom is 0.0814 e. The Labute approximate surface area is 92.8 Å². The van der Waals surface area contributed by atoms with Crippen LogP contribution in [-0.2, 0) is 50.3 Å². The van der Waals surface area contributed by atoms with Gasteiger partial charge < -0.3 is 0 Å². The van der Waals surface area contributed by atoms with Crippen molar-refractivity contribution in [2.24, 2.45) is 0 Å². The van der Waals surface area contributed by atoms with Gasteiger partial charge in [-0.1, -0.05) is 0 Å². The first-order valence-corrected chi connectivity index (χ1v) is 0. The van der Waals surface area contributed by atoms with Crippen LogP contribution in [0.3, 0.4) is 0 Å². The summed E-state index contributed by atoms with van der Waals surface area (Å²) in [6.45, 7) is 0. The second kappa shape index (κ2) is 29.3. The fourth-order valence-corrected chi connectivity index (χ4v) is 0. The zero-order valence-corrected chi connectivity index (χ0v) is 8.44. The second-order valence-corrected chi connectivity index (χ2v) is 0. The van der Waals surface area contributed by atoms with Gasteiger partial charge in [-0.2, -0.15) is 0 Å². The van der Waals surface area contributed by atoms with Crippen molar-refractivity contribution in [3.63, 3.8) is 0 Å². The van der Waals surface area contributed by atoms with E-state index in [9.17, 15) is 0 Å². The van der Waals surface area contributed by atoms with Crippen LogP contribution in [0.1, 0.15) is 0 Å². The van der Waals surface area contributed by atoms with Gasteiger partial charge in [0, 0.05) is 85.9 Å². The SMILES string of the molecule is B.[Co].[La].[Mn].[Ni]. The molecule has 0 fully saturated rings. The first-order valence-electron chi connectivity index (χ1n) is 0. The summed E-state index contributed by atoms with van der Waals surface area (Å²) in [6, 6.07) is 0. The van der Waals surface area contributed by atoms with Gasteiger partial charge in [0.05, 0.1) is 8.41 Å². The van der Waals surface area contributed by atoms with E-state index < -0.39 is 0 Å². The van der Waals surface area contributed by atoms with Crippen LogP contribution < -0.4 is 0 Å². The molecular formula is H3BCoLaMnNi. The summed E-state index contributed by atoms with van der Waals surface area (Å²) in [5, 5.41) is 0. The van der Waals surface area contributed by atoms with Gasteiger partial charge in [0.15, 0.2) is 0 Å². The molecule has 0 aromatic carbocycles. The van der Waals surface area contributed by atoms with Crippen LogP contribution in [0.5, 0.6) is 0 Å². The fraction of sp³-hybridized carbons (Fsp3) is 0. The standard InChI is InChI=1S/BH3.Co.La.Mn.Ni/h1H3;;;;. The van der Waals surface area contributed by atoms with E-state index in [-0.39, 0.29) is 94.4 Å². The fourth-order valence-electron chi connectivity index (χ4n) is 0. The van der Waals surface area contributed by atoms with Gasteiger partial charge in [0.2, 0.25) is 0 Å². The third-order valence-corrected chi connectivity index (χ3v) is 0. The smallest absolute Gasteiger partial charge is 0 e. The Morgan fingerprint density at radius 3 is 1.00 bits per heavy atom. The summed E-state index contributed by atoms with van der Waals surface area (Å²) >= 11 is 0. The Balaban J connectivity index is 0. The molecule has 5 heavy (non-hydrogen) atoms. The van der Waals surface area contributed by atoms with Crippen LogP contribution >= 0.6 is 0 Å². The average Bonchev–Trinajstić information content (AvgIpc) is 0. The first kappa shape index (κ1) is 46.3. The van der Waals surface area contributed by atoms with Crippen molar-refractivity contribution in [2.75, 3.05) is 0 Å². The minimum Gasteiger partial charge on any atom is 0 e. The molecule has 0 nitrogen and oxygen atoms in total. The monoisotopic (exact) mass is 325 g/mol. The van der Waals surface area contributed by atoms with Gasteiger partial charge in [-0.15, -0.1) is 0 Å². The van der Waals surface area contributed by atoms with Gasteiger partial charge in [-0.3, -0.25) is 0 Å². The maximum atomic E-state index is 0. The quantitative estimate of drug-likeness (QED) is 0.492. The molecule has 0 atom stereocenters. The number of rotatable bonds is 0. The molecule has 0 aromatic rings. The Hall–Kier alpha value is 2.78. The van der Waals surface area contributed by atoms with Gasteiger partial charge in [-0.25, -0.2) is 0 Å². The van der Waals surface area contributed by atoms with E-state index >= 15 is 0 Å². The zero-order chi connectivity index (χ0) is 0. The van der Waals surface area contributed by atoms with E-state index in [1.165, 1.54) is 0 Å². The largest absolute Gasteiger partial charge is 0.0814 e. The zero-order valence-electron chi connectivity index (χ0n) is 1.60. The van der Waals surface area contributed by atoms with Crippen LogP contribution in [0.25, 0.3) is 0 Å². The average molecular weight is 325 g/mol. The maximum absolute atomic E-state index is 0. The summed E-state index contributed by atoms with van der Waals surface area (Å²) in [4.78, 5) is 0. The summed E-state index contributed by atoms with van der Waals surface area (Å²) in [5.41, 5.74) is 0. The van der Waals surface area contributed by atoms with Crippen LogP contribution in [0.2, 0.25) is 0 Å². The second-order valence-electron chi connectivity index (χ2n) is 0. The van der Waals surface area contributed by atoms with Crippen LogP contribution in [0, 0.1) is 35.6 Å². The topological polar surface area (TPSA) is 0 Å². The Morgan fingerprint density at radius 2 is 1.00 bits per heavy atom. The van der Waals surface area contributed by atoms with Crippen molar-refractivity contribution < 1.29 is 85.9 Å². The predicted molar refractivity (Wildman–Crippen MR) is 9.94 cm³/mol. The van der Waals surface area contributed by atoms with Crippen molar-refractivity contribution in [3.05, 3.63) is 0 Å². The van der Waals surface area contributed by atoms with Crippen LogP contribution in [0.4, 0.5) is 0 Å². The Kier molecular flexibility index (Phi) is 271. The van der Waals surface area contributed by atoms with Crippen LogP contribution in [-0.4, -0.2) is 8.41 Å². The Bertz CT molecular complexity index is 11.6. The molecule has 0 unspecified atom stereocenters. The van der Waals surface area contributed by atoms with Crippen LogP contribution in [0.15, 0.2) is 0 Å². The van der Waals surface area contributed by atoms with Crippen molar-refractivity contribution in [1.82, 2.24) is 0 Å². The normalized spacial score (nSPS) is 0. The molecule has 0 saturated carbocycles. The molecule has 0 aliphatic heterocycles. The summed E-state index contributed by atoms with van der Waals surface area (Å²) in [7, 11) is 0. The van der Waals surface area contributed by atoms with E-state index in [1.54, 1.807) is 0 Å². The molecule has 0 amide bonds. The van der Waals surface area contributed by atoms with Crippen molar-refractivity contribution in [1.29, 1.82) is 0 Å². The van der Waals surface area contributed by atoms with Crippen molar-refractivity contribution in [2.45, 2.75) is 0 Å². The van der Waals surface area contributed by atoms with Crippen molar-refractivity contribution >= 4 is 8.41 Å². The minimum absolute atomic E-state index is 0.